The van der Waals surface area contributed by atoms with Crippen LogP contribution in [0, 0.1) is 6.92 Å². The average Bonchev–Trinajstić information content (AvgIpc) is 3.12. The van der Waals surface area contributed by atoms with Crippen molar-refractivity contribution in [2.75, 3.05) is 18.6 Å². The van der Waals surface area contributed by atoms with E-state index < -0.39 is 23.5 Å². The number of halogens is 2. The van der Waals surface area contributed by atoms with Gasteiger partial charge in [0.15, 0.2) is 11.5 Å². The number of phenols is 1. The van der Waals surface area contributed by atoms with Gasteiger partial charge in [-0.2, -0.15) is 0 Å². The van der Waals surface area contributed by atoms with Crippen molar-refractivity contribution in [1.82, 2.24) is 0 Å². The molecule has 4 rings (SSSR count). The second-order valence-corrected chi connectivity index (χ2v) is 8.92. The average molecular weight is 528 g/mol. The highest BCUT2D eigenvalue weighted by atomic mass is 35.5. The van der Waals surface area contributed by atoms with E-state index in [4.69, 9.17) is 32.7 Å². The Morgan fingerprint density at radius 2 is 1.78 bits per heavy atom. The first-order valence-corrected chi connectivity index (χ1v) is 11.8. The summed E-state index contributed by atoms with van der Waals surface area (Å²) in [4.78, 5) is 28.0. The molecule has 0 bridgehead atoms. The molecule has 3 aromatic rings. The smallest absolute Gasteiger partial charge is 0.300 e. The molecule has 1 aliphatic heterocycles. The molecule has 0 aromatic heterocycles. The number of methoxy groups -OCH3 is 1. The summed E-state index contributed by atoms with van der Waals surface area (Å²) in [5, 5.41) is 22.2. The van der Waals surface area contributed by atoms with Gasteiger partial charge in [-0.25, -0.2) is 0 Å². The van der Waals surface area contributed by atoms with Crippen LogP contribution in [0.3, 0.4) is 0 Å². The topological polar surface area (TPSA) is 96.3 Å². The molecule has 1 fully saturated rings. The lowest BCUT2D eigenvalue weighted by atomic mass is 9.94. The van der Waals surface area contributed by atoms with Crippen molar-refractivity contribution in [3.63, 3.8) is 0 Å². The summed E-state index contributed by atoms with van der Waals surface area (Å²) < 4.78 is 10.8. The SMILES string of the molecule is CCOc1cc(C2/C(=C(\O)c3cc(OC)ccc3Cl)C(=O)C(=O)N2c2ccc(C)c(Cl)c2)ccc1O. The Balaban J connectivity index is 2.00. The van der Waals surface area contributed by atoms with Gasteiger partial charge < -0.3 is 19.7 Å². The van der Waals surface area contributed by atoms with Gasteiger partial charge in [-0.15, -0.1) is 0 Å². The predicted molar refractivity (Wildman–Crippen MR) is 138 cm³/mol. The summed E-state index contributed by atoms with van der Waals surface area (Å²) in [5.74, 6) is -1.76. The minimum atomic E-state index is -1.06. The Bertz CT molecular complexity index is 1400. The van der Waals surface area contributed by atoms with Crippen LogP contribution in [-0.4, -0.2) is 35.6 Å². The number of anilines is 1. The number of aryl methyl sites for hydroxylation is 1. The Morgan fingerprint density at radius 3 is 2.44 bits per heavy atom. The van der Waals surface area contributed by atoms with E-state index in [-0.39, 0.29) is 34.3 Å². The number of Topliss-reactive ketones (excluding diaryl/α,β-unsaturated/α-hetero) is 1. The van der Waals surface area contributed by atoms with E-state index in [0.29, 0.717) is 22.0 Å². The van der Waals surface area contributed by atoms with Crippen LogP contribution in [0.25, 0.3) is 5.76 Å². The molecule has 186 valence electrons. The highest BCUT2D eigenvalue weighted by molar-refractivity contribution is 6.52. The minimum Gasteiger partial charge on any atom is -0.507 e. The Kier molecular flexibility index (Phi) is 7.15. The van der Waals surface area contributed by atoms with E-state index in [1.54, 1.807) is 37.3 Å². The van der Waals surface area contributed by atoms with E-state index >= 15 is 0 Å². The van der Waals surface area contributed by atoms with Crippen molar-refractivity contribution >= 4 is 46.3 Å². The van der Waals surface area contributed by atoms with Crippen LogP contribution in [0.5, 0.6) is 17.2 Å². The van der Waals surface area contributed by atoms with Gasteiger partial charge in [0.25, 0.3) is 11.7 Å². The summed E-state index contributed by atoms with van der Waals surface area (Å²) in [6.07, 6.45) is 0. The molecule has 3 aromatic carbocycles. The summed E-state index contributed by atoms with van der Waals surface area (Å²) in [6.45, 7) is 3.86. The fourth-order valence-electron chi connectivity index (χ4n) is 4.08. The molecular weight excluding hydrogens is 505 g/mol. The molecular formula is C27H23Cl2NO6. The van der Waals surface area contributed by atoms with Crippen LogP contribution in [0.2, 0.25) is 10.0 Å². The van der Waals surface area contributed by atoms with Crippen molar-refractivity contribution in [2.45, 2.75) is 19.9 Å². The lowest BCUT2D eigenvalue weighted by molar-refractivity contribution is -0.132. The first-order chi connectivity index (χ1) is 17.2. The van der Waals surface area contributed by atoms with Gasteiger partial charge in [0.1, 0.15) is 11.5 Å². The summed E-state index contributed by atoms with van der Waals surface area (Å²) >= 11 is 12.7. The number of hydrogen-bond acceptors (Lipinski definition) is 6. The quantitative estimate of drug-likeness (QED) is 0.230. The molecule has 1 heterocycles. The van der Waals surface area contributed by atoms with E-state index in [1.165, 1.54) is 36.3 Å². The van der Waals surface area contributed by atoms with Crippen molar-refractivity contribution < 1.29 is 29.3 Å². The number of rotatable bonds is 6. The number of phenolic OH excluding ortho intramolecular Hbond substituents is 1. The third kappa shape index (κ3) is 4.47. The second-order valence-electron chi connectivity index (χ2n) is 8.11. The summed E-state index contributed by atoms with van der Waals surface area (Å²) in [5.41, 5.74) is 1.52. The summed E-state index contributed by atoms with van der Waals surface area (Å²) in [7, 11) is 1.46. The normalized spacial score (nSPS) is 16.9. The standard InChI is InChI=1S/C27H23Cl2NO6/c1-4-36-22-11-15(6-10-21(22)31)24-23(25(32)18-13-17(35-3)8-9-19(18)28)26(33)27(34)30(24)16-7-5-14(2)20(29)12-16/h5-13,24,31-32H,4H2,1-3H3/b25-23+. The fraction of sp³-hybridized carbons (Fsp3) is 0.185. The molecule has 2 N–H and O–H groups in total. The number of nitrogens with zero attached hydrogens (tertiary/aromatic N) is 1. The zero-order valence-electron chi connectivity index (χ0n) is 19.7. The maximum atomic E-state index is 13.4. The van der Waals surface area contributed by atoms with Crippen LogP contribution in [0.4, 0.5) is 5.69 Å². The lowest BCUT2D eigenvalue weighted by Crippen LogP contribution is -2.29. The largest absolute Gasteiger partial charge is 0.507 e. The van der Waals surface area contributed by atoms with E-state index in [0.717, 1.165) is 5.56 Å². The van der Waals surface area contributed by atoms with Gasteiger partial charge in [0, 0.05) is 16.3 Å². The van der Waals surface area contributed by atoms with Crippen LogP contribution >= 0.6 is 23.2 Å². The third-order valence-corrected chi connectivity index (χ3v) is 6.64. The van der Waals surface area contributed by atoms with E-state index in [2.05, 4.69) is 0 Å². The Morgan fingerprint density at radius 1 is 1.03 bits per heavy atom. The maximum absolute atomic E-state index is 13.4. The first-order valence-electron chi connectivity index (χ1n) is 11.0. The zero-order chi connectivity index (χ0) is 26.1. The Labute approximate surface area is 218 Å². The predicted octanol–water partition coefficient (Wildman–Crippen LogP) is 6.04. The lowest BCUT2D eigenvalue weighted by Gasteiger charge is -2.26. The summed E-state index contributed by atoms with van der Waals surface area (Å²) in [6, 6.07) is 13.0. The van der Waals surface area contributed by atoms with Crippen LogP contribution in [-0.2, 0) is 9.59 Å². The molecule has 0 aliphatic carbocycles. The van der Waals surface area contributed by atoms with Gasteiger partial charge in [-0.1, -0.05) is 35.3 Å². The number of aliphatic hydroxyl groups is 1. The number of hydrogen-bond donors (Lipinski definition) is 2. The van der Waals surface area contributed by atoms with E-state index in [9.17, 15) is 19.8 Å². The van der Waals surface area contributed by atoms with Gasteiger partial charge in [-0.05, 0) is 67.4 Å². The fourth-order valence-corrected chi connectivity index (χ4v) is 4.46. The second kappa shape index (κ2) is 10.1. The molecule has 7 nitrogen and oxygen atoms in total. The molecule has 9 heteroatoms. The molecule has 1 amide bonds. The molecule has 1 aliphatic rings. The van der Waals surface area contributed by atoms with Crippen LogP contribution < -0.4 is 14.4 Å². The molecule has 36 heavy (non-hydrogen) atoms. The molecule has 0 saturated carbocycles. The molecule has 1 atom stereocenters. The van der Waals surface area contributed by atoms with Gasteiger partial charge in [0.2, 0.25) is 0 Å². The highest BCUT2D eigenvalue weighted by Crippen LogP contribution is 2.45. The number of amides is 1. The first kappa shape index (κ1) is 25.4. The highest BCUT2D eigenvalue weighted by Gasteiger charge is 2.47. The number of aliphatic hydroxyl groups excluding tert-OH is 1. The zero-order valence-corrected chi connectivity index (χ0v) is 21.2. The van der Waals surface area contributed by atoms with Crippen molar-refractivity contribution in [3.8, 4) is 17.2 Å². The van der Waals surface area contributed by atoms with Gasteiger partial charge >= 0.3 is 0 Å². The van der Waals surface area contributed by atoms with Crippen LogP contribution in [0.15, 0.2) is 60.2 Å². The molecule has 0 spiro atoms. The van der Waals surface area contributed by atoms with E-state index in [1.807, 2.05) is 6.92 Å². The number of benzene rings is 3. The monoisotopic (exact) mass is 527 g/mol. The van der Waals surface area contributed by atoms with Crippen molar-refractivity contribution in [1.29, 1.82) is 0 Å². The number of ether oxygens (including phenoxy) is 2. The van der Waals surface area contributed by atoms with Gasteiger partial charge in [0.05, 0.1) is 30.4 Å². The number of ketones is 1. The Hall–Kier alpha value is -3.68. The third-order valence-electron chi connectivity index (χ3n) is 5.91. The van der Waals surface area contributed by atoms with Crippen molar-refractivity contribution in [3.05, 3.63) is 86.9 Å². The number of aromatic hydroxyl groups is 1. The number of carbonyl (C=O) groups excluding carboxylic acids is 2. The molecule has 1 unspecified atom stereocenters. The van der Waals surface area contributed by atoms with Crippen LogP contribution in [0.1, 0.15) is 29.7 Å². The minimum absolute atomic E-state index is 0.105. The number of carbonyl (C=O) groups is 2. The van der Waals surface area contributed by atoms with Crippen molar-refractivity contribution in [2.24, 2.45) is 0 Å². The van der Waals surface area contributed by atoms with Gasteiger partial charge in [-0.3, -0.25) is 14.5 Å². The molecule has 0 radical (unpaired) electrons. The molecule has 1 saturated heterocycles. The maximum Gasteiger partial charge on any atom is 0.300 e.